The largest absolute Gasteiger partial charge is 0.478 e. The standard InChI is InChI=1S/C14H12INO2/c1-10(14(17)18)9-13-3-2-8-16(13)12-6-4-11(15)5-7-12/h2-9H,1H3,(H,17,18)/b10-9+. The van der Waals surface area contributed by atoms with Gasteiger partial charge in [0.25, 0.3) is 0 Å². The van der Waals surface area contributed by atoms with Gasteiger partial charge < -0.3 is 9.67 Å². The second-order valence-corrected chi connectivity index (χ2v) is 5.16. The highest BCUT2D eigenvalue weighted by atomic mass is 127. The monoisotopic (exact) mass is 353 g/mol. The molecule has 0 saturated heterocycles. The first-order chi connectivity index (χ1) is 8.58. The molecular weight excluding hydrogens is 341 g/mol. The van der Waals surface area contributed by atoms with Crippen molar-refractivity contribution in [1.82, 2.24) is 4.57 Å². The van der Waals surface area contributed by atoms with E-state index in [0.717, 1.165) is 11.4 Å². The van der Waals surface area contributed by atoms with Gasteiger partial charge >= 0.3 is 5.97 Å². The molecule has 0 radical (unpaired) electrons. The van der Waals surface area contributed by atoms with Crippen molar-refractivity contribution >= 4 is 34.6 Å². The molecule has 0 aliphatic carbocycles. The van der Waals surface area contributed by atoms with Gasteiger partial charge in [-0.05, 0) is 72.0 Å². The molecule has 3 nitrogen and oxygen atoms in total. The fraction of sp³-hybridized carbons (Fsp3) is 0.0714. The minimum atomic E-state index is -0.898. The average molecular weight is 353 g/mol. The highest BCUT2D eigenvalue weighted by Gasteiger charge is 2.04. The average Bonchev–Trinajstić information content (AvgIpc) is 2.78. The zero-order valence-electron chi connectivity index (χ0n) is 9.80. The van der Waals surface area contributed by atoms with E-state index in [1.54, 1.807) is 13.0 Å². The van der Waals surface area contributed by atoms with E-state index >= 15 is 0 Å². The number of hydrogen-bond donors (Lipinski definition) is 1. The maximum absolute atomic E-state index is 10.8. The zero-order valence-corrected chi connectivity index (χ0v) is 12.0. The first-order valence-corrected chi connectivity index (χ1v) is 6.50. The predicted octanol–water partition coefficient (Wildman–Crippen LogP) is 3.57. The smallest absolute Gasteiger partial charge is 0.331 e. The first-order valence-electron chi connectivity index (χ1n) is 5.43. The van der Waals surface area contributed by atoms with Gasteiger partial charge in [0.05, 0.1) is 0 Å². The number of carbonyl (C=O) groups is 1. The van der Waals surface area contributed by atoms with Crippen LogP contribution in [-0.4, -0.2) is 15.6 Å². The van der Waals surface area contributed by atoms with Gasteiger partial charge in [-0.2, -0.15) is 0 Å². The van der Waals surface area contributed by atoms with E-state index in [0.29, 0.717) is 5.57 Å². The topological polar surface area (TPSA) is 42.2 Å². The number of rotatable bonds is 3. The van der Waals surface area contributed by atoms with Crippen molar-refractivity contribution in [3.8, 4) is 5.69 Å². The van der Waals surface area contributed by atoms with Crippen molar-refractivity contribution in [3.63, 3.8) is 0 Å². The summed E-state index contributed by atoms with van der Waals surface area (Å²) in [6.07, 6.45) is 3.59. The molecule has 0 atom stereocenters. The molecule has 4 heteroatoms. The van der Waals surface area contributed by atoms with Gasteiger partial charge in [0.15, 0.2) is 0 Å². The summed E-state index contributed by atoms with van der Waals surface area (Å²) >= 11 is 2.25. The molecule has 0 spiro atoms. The van der Waals surface area contributed by atoms with Crippen LogP contribution >= 0.6 is 22.6 Å². The number of carboxylic acid groups (broad SMARTS) is 1. The second kappa shape index (κ2) is 5.39. The van der Waals surface area contributed by atoms with Crippen molar-refractivity contribution in [3.05, 3.63) is 57.4 Å². The van der Waals surface area contributed by atoms with Crippen molar-refractivity contribution in [2.75, 3.05) is 0 Å². The summed E-state index contributed by atoms with van der Waals surface area (Å²) in [5.41, 5.74) is 2.20. The lowest BCUT2D eigenvalue weighted by atomic mass is 10.2. The molecule has 0 unspecified atom stereocenters. The van der Waals surface area contributed by atoms with Crippen LogP contribution in [0.25, 0.3) is 11.8 Å². The Bertz CT molecular complexity index is 597. The van der Waals surface area contributed by atoms with Gasteiger partial charge in [0.2, 0.25) is 0 Å². The summed E-state index contributed by atoms with van der Waals surface area (Å²) < 4.78 is 3.13. The van der Waals surface area contributed by atoms with Crippen molar-refractivity contribution < 1.29 is 9.90 Å². The number of carboxylic acids is 1. The summed E-state index contributed by atoms with van der Waals surface area (Å²) in [5, 5.41) is 8.90. The lowest BCUT2D eigenvalue weighted by Crippen LogP contribution is -1.99. The van der Waals surface area contributed by atoms with E-state index in [9.17, 15) is 4.79 Å². The summed E-state index contributed by atoms with van der Waals surface area (Å²) in [5.74, 6) is -0.898. The van der Waals surface area contributed by atoms with Crippen LogP contribution < -0.4 is 0 Å². The number of aliphatic carboxylic acids is 1. The zero-order chi connectivity index (χ0) is 13.1. The molecule has 0 bridgehead atoms. The van der Waals surface area contributed by atoms with Crippen LogP contribution in [-0.2, 0) is 4.79 Å². The molecule has 1 heterocycles. The Morgan fingerprint density at radius 1 is 1.28 bits per heavy atom. The third-order valence-corrected chi connectivity index (χ3v) is 3.31. The molecule has 1 aromatic heterocycles. The molecule has 2 rings (SSSR count). The van der Waals surface area contributed by atoms with E-state index in [1.165, 1.54) is 3.57 Å². The van der Waals surface area contributed by atoms with Crippen LogP contribution in [0, 0.1) is 3.57 Å². The lowest BCUT2D eigenvalue weighted by molar-refractivity contribution is -0.132. The fourth-order valence-electron chi connectivity index (χ4n) is 1.63. The van der Waals surface area contributed by atoms with Crippen molar-refractivity contribution in [2.24, 2.45) is 0 Å². The number of aromatic nitrogens is 1. The number of hydrogen-bond acceptors (Lipinski definition) is 1. The van der Waals surface area contributed by atoms with E-state index in [-0.39, 0.29) is 0 Å². The van der Waals surface area contributed by atoms with E-state index < -0.39 is 5.97 Å². The Kier molecular flexibility index (Phi) is 3.86. The number of benzene rings is 1. The van der Waals surface area contributed by atoms with Gasteiger partial charge in [-0.25, -0.2) is 4.79 Å². The summed E-state index contributed by atoms with van der Waals surface area (Å²) in [7, 11) is 0. The maximum atomic E-state index is 10.8. The van der Waals surface area contributed by atoms with Gasteiger partial charge in [-0.3, -0.25) is 0 Å². The molecule has 0 saturated carbocycles. The fourth-order valence-corrected chi connectivity index (χ4v) is 1.99. The summed E-state index contributed by atoms with van der Waals surface area (Å²) in [6.45, 7) is 1.59. The molecule has 2 aromatic rings. The molecule has 0 fully saturated rings. The van der Waals surface area contributed by atoms with Gasteiger partial charge in [-0.15, -0.1) is 0 Å². The first kappa shape index (κ1) is 12.9. The molecule has 1 aromatic carbocycles. The van der Waals surface area contributed by atoms with Gasteiger partial charge in [0, 0.05) is 26.7 Å². The summed E-state index contributed by atoms with van der Waals surface area (Å²) in [4.78, 5) is 10.8. The summed E-state index contributed by atoms with van der Waals surface area (Å²) in [6, 6.07) is 11.9. The van der Waals surface area contributed by atoms with Gasteiger partial charge in [0.1, 0.15) is 0 Å². The highest BCUT2D eigenvalue weighted by Crippen LogP contribution is 2.17. The molecule has 18 heavy (non-hydrogen) atoms. The Morgan fingerprint density at radius 2 is 1.94 bits per heavy atom. The molecule has 0 aliphatic rings. The van der Waals surface area contributed by atoms with Crippen LogP contribution in [0.1, 0.15) is 12.6 Å². The van der Waals surface area contributed by atoms with Crippen LogP contribution in [0.15, 0.2) is 48.2 Å². The van der Waals surface area contributed by atoms with Crippen LogP contribution in [0.4, 0.5) is 0 Å². The molecule has 0 aliphatic heterocycles. The Hall–Kier alpha value is -1.56. The minimum absolute atomic E-state index is 0.320. The molecule has 92 valence electrons. The third kappa shape index (κ3) is 2.81. The normalized spacial score (nSPS) is 11.6. The van der Waals surface area contributed by atoms with Crippen LogP contribution in [0.3, 0.4) is 0 Å². The van der Waals surface area contributed by atoms with E-state index in [2.05, 4.69) is 22.6 Å². The van der Waals surface area contributed by atoms with Crippen molar-refractivity contribution in [2.45, 2.75) is 6.92 Å². The van der Waals surface area contributed by atoms with E-state index in [1.807, 2.05) is 47.2 Å². The number of halogens is 1. The molecule has 1 N–H and O–H groups in total. The third-order valence-electron chi connectivity index (χ3n) is 2.59. The van der Waals surface area contributed by atoms with Crippen LogP contribution in [0.2, 0.25) is 0 Å². The molecular formula is C14H12INO2. The Labute approximate surface area is 119 Å². The van der Waals surface area contributed by atoms with Crippen LogP contribution in [0.5, 0.6) is 0 Å². The number of nitrogens with zero attached hydrogens (tertiary/aromatic N) is 1. The predicted molar refractivity (Wildman–Crippen MR) is 79.8 cm³/mol. The molecule has 0 amide bonds. The maximum Gasteiger partial charge on any atom is 0.331 e. The van der Waals surface area contributed by atoms with Crippen molar-refractivity contribution in [1.29, 1.82) is 0 Å². The SMILES string of the molecule is C/C(=C\c1cccn1-c1ccc(I)cc1)C(=O)O. The van der Waals surface area contributed by atoms with Gasteiger partial charge in [-0.1, -0.05) is 0 Å². The Morgan fingerprint density at radius 3 is 2.56 bits per heavy atom. The highest BCUT2D eigenvalue weighted by molar-refractivity contribution is 14.1. The minimum Gasteiger partial charge on any atom is -0.478 e. The lowest BCUT2D eigenvalue weighted by Gasteiger charge is -2.07. The second-order valence-electron chi connectivity index (χ2n) is 3.91. The van der Waals surface area contributed by atoms with E-state index in [4.69, 9.17) is 5.11 Å². The Balaban J connectivity index is 2.42. The quantitative estimate of drug-likeness (QED) is 0.677.